The average Bonchev–Trinajstić information content (AvgIpc) is 2.48. The molecule has 3 N–H and O–H groups in total. The Hall–Kier alpha value is -1.95. The number of nitrogens with zero attached hydrogens (tertiary/aromatic N) is 2. The Morgan fingerprint density at radius 3 is 2.86 bits per heavy atom. The number of rotatable bonds is 5. The standard InChI is InChI=1S/C16H25N3O3/c1-3-13-10-14(17)4-5-15(13)22-9-8-18-6-7-19(16(20)21)12(2)11-18/h4-5,10,12H,3,6-9,11,17H2,1-2H3,(H,20,21)/t12-/m1/s1. The van der Waals surface area contributed by atoms with E-state index in [2.05, 4.69) is 11.8 Å². The summed E-state index contributed by atoms with van der Waals surface area (Å²) < 4.78 is 5.87. The van der Waals surface area contributed by atoms with E-state index in [-0.39, 0.29) is 6.04 Å². The molecule has 1 aliphatic rings. The molecule has 0 unspecified atom stereocenters. The van der Waals surface area contributed by atoms with Crippen LogP contribution in [0.1, 0.15) is 19.4 Å². The minimum atomic E-state index is -0.835. The first kappa shape index (κ1) is 16.4. The maximum Gasteiger partial charge on any atom is 0.407 e. The van der Waals surface area contributed by atoms with Gasteiger partial charge in [0.1, 0.15) is 12.4 Å². The van der Waals surface area contributed by atoms with Gasteiger partial charge in [-0.3, -0.25) is 4.90 Å². The van der Waals surface area contributed by atoms with Crippen LogP contribution in [0.2, 0.25) is 0 Å². The number of amides is 1. The van der Waals surface area contributed by atoms with Crippen molar-refractivity contribution in [3.63, 3.8) is 0 Å². The lowest BCUT2D eigenvalue weighted by molar-refractivity contribution is 0.0680. The zero-order chi connectivity index (χ0) is 16.1. The Kier molecular flexibility index (Phi) is 5.49. The predicted molar refractivity (Wildman–Crippen MR) is 86.4 cm³/mol. The molecular formula is C16H25N3O3. The molecule has 0 aliphatic carbocycles. The highest BCUT2D eigenvalue weighted by Gasteiger charge is 2.26. The summed E-state index contributed by atoms with van der Waals surface area (Å²) in [5, 5.41) is 9.07. The normalized spacial score (nSPS) is 19.2. The summed E-state index contributed by atoms with van der Waals surface area (Å²) in [6, 6.07) is 5.73. The van der Waals surface area contributed by atoms with Gasteiger partial charge in [0, 0.05) is 37.9 Å². The van der Waals surface area contributed by atoms with Crippen LogP contribution >= 0.6 is 0 Å². The van der Waals surface area contributed by atoms with E-state index in [1.807, 2.05) is 25.1 Å². The SMILES string of the molecule is CCc1cc(N)ccc1OCCN1CCN(C(=O)O)[C@H](C)C1. The van der Waals surface area contributed by atoms with Crippen molar-refractivity contribution in [2.75, 3.05) is 38.5 Å². The number of nitrogens with two attached hydrogens (primary N) is 1. The number of piperazine rings is 1. The molecule has 0 bridgehead atoms. The highest BCUT2D eigenvalue weighted by atomic mass is 16.5. The quantitative estimate of drug-likeness (QED) is 0.812. The highest BCUT2D eigenvalue weighted by molar-refractivity contribution is 5.65. The van der Waals surface area contributed by atoms with Gasteiger partial charge >= 0.3 is 6.09 Å². The Labute approximate surface area is 131 Å². The fourth-order valence-corrected chi connectivity index (χ4v) is 2.82. The lowest BCUT2D eigenvalue weighted by Crippen LogP contribution is -2.54. The number of nitrogen functional groups attached to an aromatic ring is 1. The number of aryl methyl sites for hydroxylation is 1. The molecule has 0 aromatic heterocycles. The minimum absolute atomic E-state index is 0.0222. The van der Waals surface area contributed by atoms with Gasteiger partial charge in [-0.25, -0.2) is 4.79 Å². The van der Waals surface area contributed by atoms with Gasteiger partial charge in [-0.2, -0.15) is 0 Å². The highest BCUT2D eigenvalue weighted by Crippen LogP contribution is 2.22. The van der Waals surface area contributed by atoms with E-state index >= 15 is 0 Å². The van der Waals surface area contributed by atoms with Crippen LogP contribution in [0.3, 0.4) is 0 Å². The lowest BCUT2D eigenvalue weighted by Gasteiger charge is -2.38. The number of benzene rings is 1. The molecule has 0 spiro atoms. The summed E-state index contributed by atoms with van der Waals surface area (Å²) >= 11 is 0. The summed E-state index contributed by atoms with van der Waals surface area (Å²) in [7, 11) is 0. The molecular weight excluding hydrogens is 282 g/mol. The van der Waals surface area contributed by atoms with Gasteiger partial charge in [-0.15, -0.1) is 0 Å². The lowest BCUT2D eigenvalue weighted by atomic mass is 10.1. The fourth-order valence-electron chi connectivity index (χ4n) is 2.82. The number of carbonyl (C=O) groups is 1. The molecule has 122 valence electrons. The topological polar surface area (TPSA) is 79.0 Å². The van der Waals surface area contributed by atoms with Crippen molar-refractivity contribution in [1.29, 1.82) is 0 Å². The monoisotopic (exact) mass is 307 g/mol. The third-order valence-electron chi connectivity index (χ3n) is 4.09. The molecule has 1 atom stereocenters. The Bertz CT molecular complexity index is 521. The second kappa shape index (κ2) is 7.35. The van der Waals surface area contributed by atoms with Crippen LogP contribution < -0.4 is 10.5 Å². The average molecular weight is 307 g/mol. The van der Waals surface area contributed by atoms with E-state index in [9.17, 15) is 4.79 Å². The van der Waals surface area contributed by atoms with Crippen LogP contribution in [-0.4, -0.2) is 59.8 Å². The van der Waals surface area contributed by atoms with E-state index in [1.54, 1.807) is 0 Å². The molecule has 1 aromatic carbocycles. The van der Waals surface area contributed by atoms with E-state index in [0.717, 1.165) is 43.1 Å². The largest absolute Gasteiger partial charge is 0.492 e. The zero-order valence-electron chi connectivity index (χ0n) is 13.3. The van der Waals surface area contributed by atoms with Gasteiger partial charge in [-0.1, -0.05) is 6.92 Å². The summed E-state index contributed by atoms with van der Waals surface area (Å²) in [4.78, 5) is 14.8. The first-order chi connectivity index (χ1) is 10.5. The molecule has 1 aliphatic heterocycles. The van der Waals surface area contributed by atoms with Crippen LogP contribution in [0.4, 0.5) is 10.5 Å². The second-order valence-electron chi connectivity index (χ2n) is 5.69. The summed E-state index contributed by atoms with van der Waals surface area (Å²) in [5.74, 6) is 0.883. The molecule has 1 amide bonds. The van der Waals surface area contributed by atoms with Crippen LogP contribution in [0.25, 0.3) is 0 Å². The van der Waals surface area contributed by atoms with Crippen molar-refractivity contribution in [2.45, 2.75) is 26.3 Å². The van der Waals surface area contributed by atoms with Crippen molar-refractivity contribution in [1.82, 2.24) is 9.80 Å². The molecule has 2 rings (SSSR count). The van der Waals surface area contributed by atoms with E-state index in [4.69, 9.17) is 15.6 Å². The molecule has 1 heterocycles. The minimum Gasteiger partial charge on any atom is -0.492 e. The number of ether oxygens (including phenoxy) is 1. The summed E-state index contributed by atoms with van der Waals surface area (Å²) in [5.41, 5.74) is 7.65. The predicted octanol–water partition coefficient (Wildman–Crippen LogP) is 1.89. The molecule has 0 radical (unpaired) electrons. The van der Waals surface area contributed by atoms with Gasteiger partial charge in [0.15, 0.2) is 0 Å². The number of hydrogen-bond donors (Lipinski definition) is 2. The van der Waals surface area contributed by atoms with Crippen molar-refractivity contribution in [3.05, 3.63) is 23.8 Å². The van der Waals surface area contributed by atoms with Crippen molar-refractivity contribution >= 4 is 11.8 Å². The van der Waals surface area contributed by atoms with Crippen LogP contribution in [-0.2, 0) is 6.42 Å². The number of anilines is 1. The maximum absolute atomic E-state index is 11.0. The summed E-state index contributed by atoms with van der Waals surface area (Å²) in [6.07, 6.45) is 0.0483. The molecule has 1 fully saturated rings. The molecule has 1 aromatic rings. The van der Waals surface area contributed by atoms with Crippen LogP contribution in [0.5, 0.6) is 5.75 Å². The zero-order valence-corrected chi connectivity index (χ0v) is 13.3. The molecule has 6 heteroatoms. The van der Waals surface area contributed by atoms with Crippen molar-refractivity contribution in [3.8, 4) is 5.75 Å². The van der Waals surface area contributed by atoms with Gasteiger partial charge < -0.3 is 20.5 Å². The van der Waals surface area contributed by atoms with E-state index in [1.165, 1.54) is 4.90 Å². The van der Waals surface area contributed by atoms with Crippen molar-refractivity contribution in [2.24, 2.45) is 0 Å². The fraction of sp³-hybridized carbons (Fsp3) is 0.562. The Balaban J connectivity index is 1.81. The van der Waals surface area contributed by atoms with Crippen LogP contribution in [0.15, 0.2) is 18.2 Å². The number of hydrogen-bond acceptors (Lipinski definition) is 4. The second-order valence-corrected chi connectivity index (χ2v) is 5.69. The van der Waals surface area contributed by atoms with Gasteiger partial charge in [-0.05, 0) is 37.1 Å². The van der Waals surface area contributed by atoms with E-state index < -0.39 is 6.09 Å². The third kappa shape index (κ3) is 4.04. The van der Waals surface area contributed by atoms with Crippen molar-refractivity contribution < 1.29 is 14.6 Å². The smallest absolute Gasteiger partial charge is 0.407 e. The molecule has 22 heavy (non-hydrogen) atoms. The van der Waals surface area contributed by atoms with Gasteiger partial charge in [0.2, 0.25) is 0 Å². The third-order valence-corrected chi connectivity index (χ3v) is 4.09. The van der Waals surface area contributed by atoms with E-state index in [0.29, 0.717) is 13.2 Å². The van der Waals surface area contributed by atoms with Gasteiger partial charge in [0.25, 0.3) is 0 Å². The molecule has 6 nitrogen and oxygen atoms in total. The van der Waals surface area contributed by atoms with Gasteiger partial charge in [0.05, 0.1) is 0 Å². The van der Waals surface area contributed by atoms with Crippen LogP contribution in [0, 0.1) is 0 Å². The Morgan fingerprint density at radius 2 is 2.23 bits per heavy atom. The molecule has 0 saturated carbocycles. The molecule has 1 saturated heterocycles. The first-order valence-electron chi connectivity index (χ1n) is 7.74. The summed E-state index contributed by atoms with van der Waals surface area (Å²) in [6.45, 7) is 7.46. The number of carboxylic acid groups (broad SMARTS) is 1. The maximum atomic E-state index is 11.0. The Morgan fingerprint density at radius 1 is 1.45 bits per heavy atom. The first-order valence-corrected chi connectivity index (χ1v) is 7.74.